The number of hydrogen-bond acceptors (Lipinski definition) is 5. The molecule has 10 heteroatoms. The number of methoxy groups -OCH3 is 1. The van der Waals surface area contributed by atoms with Gasteiger partial charge in [-0.3, -0.25) is 13.9 Å². The highest BCUT2D eigenvalue weighted by Crippen LogP contribution is 2.27. The van der Waals surface area contributed by atoms with Crippen molar-refractivity contribution >= 4 is 43.5 Å². The number of halogens is 1. The van der Waals surface area contributed by atoms with E-state index in [0.717, 1.165) is 16.3 Å². The van der Waals surface area contributed by atoms with Gasteiger partial charge in [0, 0.05) is 17.1 Å². The summed E-state index contributed by atoms with van der Waals surface area (Å²) in [6.07, 6.45) is 1.09. The first kappa shape index (κ1) is 31.2. The summed E-state index contributed by atoms with van der Waals surface area (Å²) in [5.41, 5.74) is 1.11. The lowest BCUT2D eigenvalue weighted by Gasteiger charge is -2.33. The molecule has 0 fully saturated rings. The van der Waals surface area contributed by atoms with E-state index >= 15 is 0 Å². The van der Waals surface area contributed by atoms with Crippen molar-refractivity contribution in [3.63, 3.8) is 0 Å². The van der Waals surface area contributed by atoms with E-state index in [1.807, 2.05) is 32.9 Å². The van der Waals surface area contributed by atoms with Gasteiger partial charge >= 0.3 is 0 Å². The summed E-state index contributed by atoms with van der Waals surface area (Å²) < 4.78 is 34.7. The van der Waals surface area contributed by atoms with Crippen LogP contribution in [0.25, 0.3) is 0 Å². The zero-order valence-corrected chi connectivity index (χ0v) is 25.6. The highest BCUT2D eigenvalue weighted by Gasteiger charge is 2.34. The zero-order chi connectivity index (χ0) is 29.3. The van der Waals surface area contributed by atoms with E-state index in [9.17, 15) is 18.0 Å². The minimum atomic E-state index is -4.11. The van der Waals surface area contributed by atoms with Gasteiger partial charge in [0.1, 0.15) is 18.3 Å². The SMILES string of the molecule is CC[C@H](C)NC(=O)[C@H](CC)N(Cc1ccc(OC)cc1)C(=O)CN(c1cccc(Br)c1)S(=O)(=O)c1ccccc1. The first-order valence-electron chi connectivity index (χ1n) is 13.2. The molecule has 1 N–H and O–H groups in total. The van der Waals surface area contributed by atoms with Gasteiger partial charge in [0.05, 0.1) is 17.7 Å². The molecule has 0 aliphatic rings. The fourth-order valence-corrected chi connectivity index (χ4v) is 5.98. The molecule has 0 spiro atoms. The van der Waals surface area contributed by atoms with Gasteiger partial charge < -0.3 is 15.0 Å². The zero-order valence-electron chi connectivity index (χ0n) is 23.2. The topological polar surface area (TPSA) is 96.0 Å². The average molecular weight is 631 g/mol. The van der Waals surface area contributed by atoms with Crippen LogP contribution in [-0.4, -0.2) is 50.9 Å². The molecular formula is C30H36BrN3O5S. The largest absolute Gasteiger partial charge is 0.497 e. The number of ether oxygens (including phenoxy) is 1. The summed E-state index contributed by atoms with van der Waals surface area (Å²) in [6.45, 7) is 5.34. The maximum absolute atomic E-state index is 14.1. The normalized spacial score (nSPS) is 12.7. The third kappa shape index (κ3) is 7.85. The third-order valence-corrected chi connectivity index (χ3v) is 8.89. The van der Waals surface area contributed by atoms with Crippen LogP contribution in [0.15, 0.2) is 88.2 Å². The summed E-state index contributed by atoms with van der Waals surface area (Å²) in [5.74, 6) is -0.113. The number of hydrogen-bond donors (Lipinski definition) is 1. The van der Waals surface area contributed by atoms with Crippen molar-refractivity contribution in [3.05, 3.63) is 88.9 Å². The van der Waals surface area contributed by atoms with Crippen LogP contribution in [0.2, 0.25) is 0 Å². The first-order chi connectivity index (χ1) is 19.1. The van der Waals surface area contributed by atoms with Crippen LogP contribution in [0, 0.1) is 0 Å². The maximum atomic E-state index is 14.1. The number of amides is 2. The Morgan fingerprint density at radius 3 is 2.20 bits per heavy atom. The fraction of sp³-hybridized carbons (Fsp3) is 0.333. The Morgan fingerprint density at radius 1 is 0.950 bits per heavy atom. The second-order valence-corrected chi connectivity index (χ2v) is 12.2. The highest BCUT2D eigenvalue weighted by atomic mass is 79.9. The van der Waals surface area contributed by atoms with E-state index in [1.54, 1.807) is 61.7 Å². The van der Waals surface area contributed by atoms with Gasteiger partial charge in [0.15, 0.2) is 0 Å². The quantitative estimate of drug-likeness (QED) is 0.274. The van der Waals surface area contributed by atoms with Gasteiger partial charge in [-0.1, -0.05) is 66.2 Å². The van der Waals surface area contributed by atoms with Crippen molar-refractivity contribution < 1.29 is 22.7 Å². The Labute approximate surface area is 245 Å². The lowest BCUT2D eigenvalue weighted by atomic mass is 10.1. The van der Waals surface area contributed by atoms with Gasteiger partial charge in [-0.2, -0.15) is 0 Å². The predicted octanol–water partition coefficient (Wildman–Crippen LogP) is 5.38. The molecule has 0 aromatic heterocycles. The summed E-state index contributed by atoms with van der Waals surface area (Å²) in [6, 6.07) is 21.1. The monoisotopic (exact) mass is 629 g/mol. The molecule has 0 saturated carbocycles. The summed E-state index contributed by atoms with van der Waals surface area (Å²) in [5, 5.41) is 2.98. The number of sulfonamides is 1. The first-order valence-corrected chi connectivity index (χ1v) is 15.4. The molecule has 0 saturated heterocycles. The predicted molar refractivity (Wildman–Crippen MR) is 161 cm³/mol. The van der Waals surface area contributed by atoms with Crippen molar-refractivity contribution in [3.8, 4) is 5.75 Å². The van der Waals surface area contributed by atoms with Gasteiger partial charge in [-0.15, -0.1) is 0 Å². The van der Waals surface area contributed by atoms with Crippen molar-refractivity contribution in [2.75, 3.05) is 18.0 Å². The lowest BCUT2D eigenvalue weighted by molar-refractivity contribution is -0.140. The lowest BCUT2D eigenvalue weighted by Crippen LogP contribution is -2.53. The third-order valence-electron chi connectivity index (χ3n) is 6.61. The smallest absolute Gasteiger partial charge is 0.264 e. The summed E-state index contributed by atoms with van der Waals surface area (Å²) >= 11 is 3.41. The molecule has 3 aromatic carbocycles. The van der Waals surface area contributed by atoms with Gasteiger partial charge in [-0.05, 0) is 67.8 Å². The Kier molecular flexibility index (Phi) is 11.2. The molecule has 2 amide bonds. The molecule has 214 valence electrons. The van der Waals surface area contributed by atoms with Crippen LogP contribution < -0.4 is 14.4 Å². The molecule has 0 unspecified atom stereocenters. The van der Waals surface area contributed by atoms with Crippen molar-refractivity contribution in [2.24, 2.45) is 0 Å². The Bertz CT molecular complexity index is 1380. The van der Waals surface area contributed by atoms with Gasteiger partial charge in [-0.25, -0.2) is 8.42 Å². The second kappa shape index (κ2) is 14.3. The van der Waals surface area contributed by atoms with Crippen LogP contribution in [0.3, 0.4) is 0 Å². The van der Waals surface area contributed by atoms with Gasteiger partial charge in [0.2, 0.25) is 11.8 Å². The molecule has 0 bridgehead atoms. The van der Waals surface area contributed by atoms with Crippen LogP contribution in [0.5, 0.6) is 5.75 Å². The molecule has 3 aromatic rings. The van der Waals surface area contributed by atoms with Gasteiger partial charge in [0.25, 0.3) is 10.0 Å². The average Bonchev–Trinajstić information content (AvgIpc) is 2.96. The van der Waals surface area contributed by atoms with Crippen molar-refractivity contribution in [2.45, 2.75) is 57.1 Å². The number of rotatable bonds is 13. The number of anilines is 1. The molecule has 40 heavy (non-hydrogen) atoms. The number of carbonyl (C=O) groups excluding carboxylic acids is 2. The van der Waals surface area contributed by atoms with Crippen LogP contribution in [0.1, 0.15) is 39.2 Å². The maximum Gasteiger partial charge on any atom is 0.264 e. The fourth-order valence-electron chi connectivity index (χ4n) is 4.17. The molecule has 0 radical (unpaired) electrons. The summed E-state index contributed by atoms with van der Waals surface area (Å²) in [7, 11) is -2.54. The van der Waals surface area contributed by atoms with E-state index in [0.29, 0.717) is 22.3 Å². The highest BCUT2D eigenvalue weighted by molar-refractivity contribution is 9.10. The number of benzene rings is 3. The Morgan fingerprint density at radius 2 is 1.62 bits per heavy atom. The molecule has 0 heterocycles. The van der Waals surface area contributed by atoms with Crippen molar-refractivity contribution in [1.82, 2.24) is 10.2 Å². The second-order valence-electron chi connectivity index (χ2n) is 9.42. The standard InChI is InChI=1S/C30H36BrN3O5S/c1-5-22(3)32-30(36)28(6-2)33(20-23-15-17-26(39-4)18-16-23)29(35)21-34(25-12-10-11-24(31)19-25)40(37,38)27-13-8-7-9-14-27/h7-19,22,28H,5-6,20-21H2,1-4H3,(H,32,36)/t22-,28-/m0/s1. The molecule has 3 rings (SSSR count). The van der Waals surface area contributed by atoms with Crippen molar-refractivity contribution in [1.29, 1.82) is 0 Å². The minimum absolute atomic E-state index is 0.0611. The van der Waals surface area contributed by atoms with E-state index in [1.165, 1.54) is 17.0 Å². The number of carbonyl (C=O) groups is 2. The van der Waals surface area contributed by atoms with E-state index in [2.05, 4.69) is 21.2 Å². The van der Waals surface area contributed by atoms with Crippen LogP contribution in [-0.2, 0) is 26.2 Å². The molecule has 8 nitrogen and oxygen atoms in total. The Balaban J connectivity index is 2.04. The summed E-state index contributed by atoms with van der Waals surface area (Å²) in [4.78, 5) is 28.9. The van der Waals surface area contributed by atoms with Crippen LogP contribution >= 0.6 is 15.9 Å². The van der Waals surface area contributed by atoms with E-state index in [-0.39, 0.29) is 23.4 Å². The van der Waals surface area contributed by atoms with E-state index in [4.69, 9.17) is 4.74 Å². The molecule has 2 atom stereocenters. The number of nitrogens with one attached hydrogen (secondary N) is 1. The van der Waals surface area contributed by atoms with E-state index < -0.39 is 28.5 Å². The molecule has 0 aliphatic heterocycles. The number of nitrogens with zero attached hydrogens (tertiary/aromatic N) is 2. The van der Waals surface area contributed by atoms with Crippen LogP contribution in [0.4, 0.5) is 5.69 Å². The molecule has 0 aliphatic carbocycles. The minimum Gasteiger partial charge on any atom is -0.497 e. The molecular weight excluding hydrogens is 594 g/mol. The Hall–Kier alpha value is -3.37.